The third kappa shape index (κ3) is 2.89. The zero-order valence-corrected chi connectivity index (χ0v) is 10.2. The van der Waals surface area contributed by atoms with Crippen molar-refractivity contribution in [1.82, 2.24) is 0 Å². The topological polar surface area (TPSA) is 38.7 Å². The van der Waals surface area contributed by atoms with Crippen molar-refractivity contribution in [2.75, 3.05) is 13.7 Å². The molecule has 0 aromatic heterocycles. The predicted octanol–water partition coefficient (Wildman–Crippen LogP) is 2.93. The highest BCUT2D eigenvalue weighted by atomic mass is 16.5. The first-order valence-electron chi connectivity index (χ1n) is 5.72. The number of aliphatic hydroxyl groups is 1. The number of benzene rings is 1. The SMILES string of the molecule is CCCC(O)c1cccc(OC)c1OCC. The lowest BCUT2D eigenvalue weighted by Gasteiger charge is -2.17. The molecular formula is C13H20O3. The number of para-hydroxylation sites is 1. The molecule has 0 aliphatic rings. The smallest absolute Gasteiger partial charge is 0.166 e. The first kappa shape index (κ1) is 12.8. The highest BCUT2D eigenvalue weighted by molar-refractivity contribution is 5.47. The summed E-state index contributed by atoms with van der Waals surface area (Å²) in [5.74, 6) is 1.34. The number of methoxy groups -OCH3 is 1. The molecule has 1 aromatic carbocycles. The molecule has 0 amide bonds. The minimum absolute atomic E-state index is 0.485. The number of rotatable bonds is 6. The minimum atomic E-state index is -0.485. The van der Waals surface area contributed by atoms with Crippen LogP contribution in [0.1, 0.15) is 38.4 Å². The maximum Gasteiger partial charge on any atom is 0.166 e. The zero-order chi connectivity index (χ0) is 12.0. The summed E-state index contributed by atoms with van der Waals surface area (Å²) in [6, 6.07) is 5.59. The fraction of sp³-hybridized carbons (Fsp3) is 0.538. The van der Waals surface area contributed by atoms with Gasteiger partial charge in [-0.15, -0.1) is 0 Å². The molecule has 0 saturated heterocycles. The molecule has 1 rings (SSSR count). The van der Waals surface area contributed by atoms with Crippen LogP contribution in [-0.4, -0.2) is 18.8 Å². The Morgan fingerprint density at radius 3 is 2.62 bits per heavy atom. The van der Waals surface area contributed by atoms with E-state index in [2.05, 4.69) is 0 Å². The largest absolute Gasteiger partial charge is 0.493 e. The standard InChI is InChI=1S/C13H20O3/c1-4-7-11(14)10-8-6-9-12(15-3)13(10)16-5-2/h6,8-9,11,14H,4-5,7H2,1-3H3. The van der Waals surface area contributed by atoms with Gasteiger partial charge in [0.1, 0.15) is 0 Å². The maximum absolute atomic E-state index is 10.0. The fourth-order valence-electron chi connectivity index (χ4n) is 1.68. The third-order valence-electron chi connectivity index (χ3n) is 2.44. The number of aliphatic hydroxyl groups excluding tert-OH is 1. The van der Waals surface area contributed by atoms with E-state index < -0.39 is 6.10 Å². The summed E-state index contributed by atoms with van der Waals surface area (Å²) in [5.41, 5.74) is 0.808. The van der Waals surface area contributed by atoms with E-state index in [-0.39, 0.29) is 0 Å². The van der Waals surface area contributed by atoms with Gasteiger partial charge in [-0.2, -0.15) is 0 Å². The quantitative estimate of drug-likeness (QED) is 0.807. The van der Waals surface area contributed by atoms with Crippen LogP contribution >= 0.6 is 0 Å². The van der Waals surface area contributed by atoms with Crippen molar-refractivity contribution in [3.8, 4) is 11.5 Å². The summed E-state index contributed by atoms with van der Waals surface area (Å²) in [4.78, 5) is 0. The van der Waals surface area contributed by atoms with Crippen LogP contribution in [0.3, 0.4) is 0 Å². The molecule has 16 heavy (non-hydrogen) atoms. The lowest BCUT2D eigenvalue weighted by Crippen LogP contribution is -2.04. The molecule has 0 bridgehead atoms. The van der Waals surface area contributed by atoms with Crippen LogP contribution < -0.4 is 9.47 Å². The molecule has 3 heteroatoms. The molecule has 0 aliphatic carbocycles. The van der Waals surface area contributed by atoms with E-state index in [1.807, 2.05) is 32.0 Å². The molecule has 0 aliphatic heterocycles. The molecule has 0 fully saturated rings. The fourth-order valence-corrected chi connectivity index (χ4v) is 1.68. The first-order valence-corrected chi connectivity index (χ1v) is 5.72. The van der Waals surface area contributed by atoms with Crippen LogP contribution in [0.2, 0.25) is 0 Å². The molecule has 0 spiro atoms. The van der Waals surface area contributed by atoms with E-state index in [1.54, 1.807) is 7.11 Å². The highest BCUT2D eigenvalue weighted by Crippen LogP contribution is 2.36. The second-order valence-corrected chi connectivity index (χ2v) is 3.62. The molecule has 0 heterocycles. The van der Waals surface area contributed by atoms with Gasteiger partial charge in [0, 0.05) is 5.56 Å². The van der Waals surface area contributed by atoms with Crippen molar-refractivity contribution in [2.24, 2.45) is 0 Å². The summed E-state index contributed by atoms with van der Waals surface area (Å²) < 4.78 is 10.8. The van der Waals surface area contributed by atoms with Crippen LogP contribution in [0.25, 0.3) is 0 Å². The number of hydrogen-bond acceptors (Lipinski definition) is 3. The van der Waals surface area contributed by atoms with Crippen molar-refractivity contribution in [2.45, 2.75) is 32.8 Å². The summed E-state index contributed by atoms with van der Waals surface area (Å²) in [7, 11) is 1.60. The Balaban J connectivity index is 3.05. The Labute approximate surface area is 97.0 Å². The Morgan fingerprint density at radius 1 is 1.31 bits per heavy atom. The van der Waals surface area contributed by atoms with Crippen molar-refractivity contribution >= 4 is 0 Å². The lowest BCUT2D eigenvalue weighted by atomic mass is 10.0. The van der Waals surface area contributed by atoms with Gasteiger partial charge in [-0.25, -0.2) is 0 Å². The van der Waals surface area contributed by atoms with Crippen LogP contribution in [0.4, 0.5) is 0 Å². The Bertz CT molecular complexity index is 323. The van der Waals surface area contributed by atoms with Crippen LogP contribution in [0.5, 0.6) is 11.5 Å². The van der Waals surface area contributed by atoms with Gasteiger partial charge in [0.05, 0.1) is 19.8 Å². The van der Waals surface area contributed by atoms with Gasteiger partial charge in [0.25, 0.3) is 0 Å². The van der Waals surface area contributed by atoms with Gasteiger partial charge in [-0.05, 0) is 19.4 Å². The van der Waals surface area contributed by atoms with Gasteiger partial charge in [0.15, 0.2) is 11.5 Å². The molecule has 1 aromatic rings. The first-order chi connectivity index (χ1) is 7.74. The highest BCUT2D eigenvalue weighted by Gasteiger charge is 2.16. The molecule has 1 N–H and O–H groups in total. The molecule has 0 saturated carbocycles. The normalized spacial score (nSPS) is 12.2. The second kappa shape index (κ2) is 6.38. The van der Waals surface area contributed by atoms with Gasteiger partial charge in [-0.3, -0.25) is 0 Å². The average molecular weight is 224 g/mol. The van der Waals surface area contributed by atoms with E-state index >= 15 is 0 Å². The molecular weight excluding hydrogens is 204 g/mol. The molecule has 3 nitrogen and oxygen atoms in total. The summed E-state index contributed by atoms with van der Waals surface area (Å²) in [6.45, 7) is 4.53. The molecule has 0 radical (unpaired) electrons. The van der Waals surface area contributed by atoms with Gasteiger partial charge < -0.3 is 14.6 Å². The summed E-state index contributed by atoms with van der Waals surface area (Å²) in [5, 5.41) is 10.0. The zero-order valence-electron chi connectivity index (χ0n) is 10.2. The molecule has 1 unspecified atom stereocenters. The van der Waals surface area contributed by atoms with Crippen molar-refractivity contribution in [3.63, 3.8) is 0 Å². The van der Waals surface area contributed by atoms with Crippen LogP contribution in [-0.2, 0) is 0 Å². The second-order valence-electron chi connectivity index (χ2n) is 3.62. The Kier molecular flexibility index (Phi) is 5.12. The number of ether oxygens (including phenoxy) is 2. The van der Waals surface area contributed by atoms with E-state index in [1.165, 1.54) is 0 Å². The van der Waals surface area contributed by atoms with Crippen LogP contribution in [0, 0.1) is 0 Å². The van der Waals surface area contributed by atoms with E-state index in [0.717, 1.165) is 18.4 Å². The summed E-state index contributed by atoms with van der Waals surface area (Å²) >= 11 is 0. The van der Waals surface area contributed by atoms with Gasteiger partial charge >= 0.3 is 0 Å². The summed E-state index contributed by atoms with van der Waals surface area (Å²) in [6.07, 6.45) is 1.18. The van der Waals surface area contributed by atoms with E-state index in [0.29, 0.717) is 18.1 Å². The lowest BCUT2D eigenvalue weighted by molar-refractivity contribution is 0.159. The number of hydrogen-bond donors (Lipinski definition) is 1. The van der Waals surface area contributed by atoms with Crippen molar-refractivity contribution < 1.29 is 14.6 Å². The third-order valence-corrected chi connectivity index (χ3v) is 2.44. The van der Waals surface area contributed by atoms with Crippen molar-refractivity contribution in [3.05, 3.63) is 23.8 Å². The van der Waals surface area contributed by atoms with Gasteiger partial charge in [-0.1, -0.05) is 25.5 Å². The molecule has 1 atom stereocenters. The van der Waals surface area contributed by atoms with Gasteiger partial charge in [0.2, 0.25) is 0 Å². The molecule has 90 valence electrons. The van der Waals surface area contributed by atoms with Crippen molar-refractivity contribution in [1.29, 1.82) is 0 Å². The van der Waals surface area contributed by atoms with E-state index in [4.69, 9.17) is 9.47 Å². The maximum atomic E-state index is 10.0. The average Bonchev–Trinajstić information content (AvgIpc) is 2.30. The predicted molar refractivity (Wildman–Crippen MR) is 64.0 cm³/mol. The van der Waals surface area contributed by atoms with Crippen LogP contribution in [0.15, 0.2) is 18.2 Å². The minimum Gasteiger partial charge on any atom is -0.493 e. The monoisotopic (exact) mass is 224 g/mol. The Morgan fingerprint density at radius 2 is 2.06 bits per heavy atom. The van der Waals surface area contributed by atoms with E-state index in [9.17, 15) is 5.11 Å². The Hall–Kier alpha value is -1.22.